The van der Waals surface area contributed by atoms with E-state index in [1.807, 2.05) is 72.8 Å². The van der Waals surface area contributed by atoms with E-state index < -0.39 is 0 Å². The Morgan fingerprint density at radius 3 is 0.648 bits per heavy atom. The Morgan fingerprint density at radius 1 is 0.185 bits per heavy atom. The molecule has 0 unspecified atom stereocenters. The molecule has 0 atom stereocenters. The third-order valence-corrected chi connectivity index (χ3v) is 9.57. The van der Waals surface area contributed by atoms with Crippen LogP contribution in [0.1, 0.15) is 0 Å². The lowest BCUT2D eigenvalue weighted by Gasteiger charge is -2.11. The van der Waals surface area contributed by atoms with Crippen molar-refractivity contribution in [3.8, 4) is 90.1 Å². The molecule has 4 nitrogen and oxygen atoms in total. The Morgan fingerprint density at radius 2 is 0.389 bits per heavy atom. The van der Waals surface area contributed by atoms with Gasteiger partial charge in [-0.3, -0.25) is 0 Å². The molecule has 0 amide bonds. The third-order valence-electron chi connectivity index (χ3n) is 9.57. The first kappa shape index (κ1) is 32.6. The molecule has 0 aliphatic heterocycles. The van der Waals surface area contributed by atoms with Crippen molar-refractivity contribution >= 4 is 0 Å². The molecule has 2 aromatic heterocycles. The molecule has 2 heterocycles. The Kier molecular flexibility index (Phi) is 8.90. The van der Waals surface area contributed by atoms with Crippen LogP contribution in [0.25, 0.3) is 90.1 Å². The first-order valence-electron chi connectivity index (χ1n) is 18.1. The molecule has 9 aromatic rings. The van der Waals surface area contributed by atoms with E-state index in [2.05, 4.69) is 133 Å². The summed E-state index contributed by atoms with van der Waals surface area (Å²) in [4.78, 5) is 19.8. The topological polar surface area (TPSA) is 51.6 Å². The molecule has 0 aliphatic carbocycles. The summed E-state index contributed by atoms with van der Waals surface area (Å²) in [6.07, 6.45) is 0. The first-order valence-corrected chi connectivity index (χ1v) is 18.1. The smallest absolute Gasteiger partial charge is 0.160 e. The second kappa shape index (κ2) is 14.7. The number of nitrogens with zero attached hydrogens (tertiary/aromatic N) is 4. The highest BCUT2D eigenvalue weighted by Gasteiger charge is 2.13. The van der Waals surface area contributed by atoms with Gasteiger partial charge in [-0.15, -0.1) is 0 Å². The van der Waals surface area contributed by atoms with Gasteiger partial charge in [0.1, 0.15) is 0 Å². The van der Waals surface area contributed by atoms with Gasteiger partial charge in [0.2, 0.25) is 0 Å². The molecule has 9 rings (SSSR count). The van der Waals surface area contributed by atoms with Crippen molar-refractivity contribution in [3.63, 3.8) is 0 Å². The minimum atomic E-state index is 0.713. The average molecular weight is 691 g/mol. The van der Waals surface area contributed by atoms with Crippen LogP contribution >= 0.6 is 0 Å². The van der Waals surface area contributed by atoms with Crippen molar-refractivity contribution < 1.29 is 0 Å². The molecule has 0 bridgehead atoms. The molecule has 0 saturated heterocycles. The second-order valence-electron chi connectivity index (χ2n) is 13.1. The zero-order valence-corrected chi connectivity index (χ0v) is 29.4. The van der Waals surface area contributed by atoms with Gasteiger partial charge in [0.05, 0.1) is 22.8 Å². The van der Waals surface area contributed by atoms with Gasteiger partial charge in [-0.2, -0.15) is 0 Å². The van der Waals surface area contributed by atoms with Crippen LogP contribution in [-0.4, -0.2) is 19.9 Å². The summed E-state index contributed by atoms with van der Waals surface area (Å²) in [5.74, 6) is 1.43. The quantitative estimate of drug-likeness (QED) is 0.159. The van der Waals surface area contributed by atoms with E-state index in [0.717, 1.165) is 78.4 Å². The number of hydrogen-bond acceptors (Lipinski definition) is 4. The fourth-order valence-corrected chi connectivity index (χ4v) is 6.66. The Hall–Kier alpha value is -7.30. The lowest BCUT2D eigenvalue weighted by molar-refractivity contribution is 1.18. The van der Waals surface area contributed by atoms with Crippen LogP contribution in [0.15, 0.2) is 206 Å². The summed E-state index contributed by atoms with van der Waals surface area (Å²) in [7, 11) is 0. The van der Waals surface area contributed by atoms with Crippen LogP contribution in [0.2, 0.25) is 0 Å². The molecule has 0 spiro atoms. The Bertz CT molecular complexity index is 2340. The van der Waals surface area contributed by atoms with Gasteiger partial charge in [-0.25, -0.2) is 19.9 Å². The highest BCUT2D eigenvalue weighted by atomic mass is 14.9. The molecule has 0 radical (unpaired) electrons. The molecule has 7 aromatic carbocycles. The monoisotopic (exact) mass is 690 g/mol. The first-order chi connectivity index (χ1) is 26.7. The van der Waals surface area contributed by atoms with Crippen molar-refractivity contribution in [2.75, 3.05) is 0 Å². The van der Waals surface area contributed by atoms with Crippen LogP contribution in [0.4, 0.5) is 0 Å². The van der Waals surface area contributed by atoms with Crippen molar-refractivity contribution in [3.05, 3.63) is 206 Å². The van der Waals surface area contributed by atoms with E-state index >= 15 is 0 Å². The van der Waals surface area contributed by atoms with Gasteiger partial charge >= 0.3 is 0 Å². The van der Waals surface area contributed by atoms with Crippen molar-refractivity contribution in [1.29, 1.82) is 0 Å². The maximum atomic E-state index is 4.99. The molecule has 4 heteroatoms. The van der Waals surface area contributed by atoms with Crippen LogP contribution in [0.5, 0.6) is 0 Å². The highest BCUT2D eigenvalue weighted by Crippen LogP contribution is 2.32. The zero-order chi connectivity index (χ0) is 36.1. The number of rotatable bonds is 8. The van der Waals surface area contributed by atoms with E-state index in [1.165, 1.54) is 0 Å². The normalized spacial score (nSPS) is 11.0. The lowest BCUT2D eigenvalue weighted by atomic mass is 9.98. The van der Waals surface area contributed by atoms with Gasteiger partial charge < -0.3 is 0 Å². The number of benzene rings is 7. The van der Waals surface area contributed by atoms with Crippen LogP contribution < -0.4 is 0 Å². The minimum absolute atomic E-state index is 0.713. The van der Waals surface area contributed by atoms with Crippen LogP contribution in [0, 0.1) is 0 Å². The Balaban J connectivity index is 0.968. The van der Waals surface area contributed by atoms with Gasteiger partial charge in [0.25, 0.3) is 0 Å². The van der Waals surface area contributed by atoms with E-state index in [0.29, 0.717) is 11.6 Å². The van der Waals surface area contributed by atoms with Gasteiger partial charge in [0, 0.05) is 33.4 Å². The standard InChI is InChI=1S/C50H34N4/c1-5-13-39(14-6-1)45-33-47(53-49(51-45)43-17-9-3-10-18-43)41-29-25-37(26-30-41)35-21-23-36(24-22-35)38-27-31-42(32-28-38)48-34-46(40-15-7-2-8-16-40)52-50(54-48)44-19-11-4-12-20-44/h1-34H. The second-order valence-corrected chi connectivity index (χ2v) is 13.1. The highest BCUT2D eigenvalue weighted by molar-refractivity contribution is 5.77. The van der Waals surface area contributed by atoms with Crippen LogP contribution in [-0.2, 0) is 0 Å². The Labute approximate surface area is 315 Å². The summed E-state index contributed by atoms with van der Waals surface area (Å²) in [6, 6.07) is 71.0. The van der Waals surface area contributed by atoms with Crippen molar-refractivity contribution in [2.24, 2.45) is 0 Å². The maximum absolute atomic E-state index is 4.99. The zero-order valence-electron chi connectivity index (χ0n) is 29.4. The summed E-state index contributed by atoms with van der Waals surface area (Å²) < 4.78 is 0. The molecular formula is C50H34N4. The van der Waals surface area contributed by atoms with Crippen LogP contribution in [0.3, 0.4) is 0 Å². The van der Waals surface area contributed by atoms with Crippen molar-refractivity contribution in [1.82, 2.24) is 19.9 Å². The minimum Gasteiger partial charge on any atom is -0.228 e. The number of aromatic nitrogens is 4. The molecule has 0 N–H and O–H groups in total. The molecule has 254 valence electrons. The summed E-state index contributed by atoms with van der Waals surface area (Å²) >= 11 is 0. The third kappa shape index (κ3) is 6.97. The van der Waals surface area contributed by atoms with Gasteiger partial charge in [-0.1, -0.05) is 194 Å². The SMILES string of the molecule is c1ccc(-c2cc(-c3ccc(-c4ccc(-c5ccc(-c6cc(-c7ccccc7)nc(-c7ccccc7)n6)cc5)cc4)cc3)nc(-c3ccccc3)n2)cc1. The van der Waals surface area contributed by atoms with E-state index in [1.54, 1.807) is 0 Å². The summed E-state index contributed by atoms with van der Waals surface area (Å²) in [5.41, 5.74) is 14.4. The lowest BCUT2D eigenvalue weighted by Crippen LogP contribution is -1.95. The maximum Gasteiger partial charge on any atom is 0.160 e. The molecule has 54 heavy (non-hydrogen) atoms. The molecule has 0 fully saturated rings. The molecular weight excluding hydrogens is 657 g/mol. The molecule has 0 saturated carbocycles. The largest absolute Gasteiger partial charge is 0.228 e. The predicted molar refractivity (Wildman–Crippen MR) is 221 cm³/mol. The van der Waals surface area contributed by atoms with E-state index in [4.69, 9.17) is 19.9 Å². The van der Waals surface area contributed by atoms with Crippen molar-refractivity contribution in [2.45, 2.75) is 0 Å². The number of hydrogen-bond donors (Lipinski definition) is 0. The predicted octanol–water partition coefficient (Wildman–Crippen LogP) is 12.6. The van der Waals surface area contributed by atoms with Gasteiger partial charge in [-0.05, 0) is 34.4 Å². The fraction of sp³-hybridized carbons (Fsp3) is 0. The fourth-order valence-electron chi connectivity index (χ4n) is 6.66. The average Bonchev–Trinajstić information content (AvgIpc) is 3.27. The molecule has 0 aliphatic rings. The van der Waals surface area contributed by atoms with E-state index in [-0.39, 0.29) is 0 Å². The van der Waals surface area contributed by atoms with Gasteiger partial charge in [0.15, 0.2) is 11.6 Å². The summed E-state index contributed by atoms with van der Waals surface area (Å²) in [5, 5.41) is 0. The van der Waals surface area contributed by atoms with E-state index in [9.17, 15) is 0 Å². The summed E-state index contributed by atoms with van der Waals surface area (Å²) in [6.45, 7) is 0.